The molecule has 0 nitrogen and oxygen atoms in total. The molecule has 0 aromatic rings. The molecule has 0 radical (unpaired) electrons. The molecule has 0 N–H and O–H groups in total. The van der Waals surface area contributed by atoms with Gasteiger partial charge in [0.2, 0.25) is 0 Å². The molecular formula is C25H37Cl. The van der Waals surface area contributed by atoms with Gasteiger partial charge in [0.1, 0.15) is 0 Å². The van der Waals surface area contributed by atoms with Crippen LogP contribution in [0.3, 0.4) is 0 Å². The standard InChI is InChI=1S/C25H37Cl/c1-7-9-19-10-11-20-21(24(19,5)13-8-2)12-14-25(6)22(20)15-17(3)23(25)18(4)16-26/h7-9,13,17,20-23H,1,4,10-12,14-16H2,2-3,5-6H3/b13-8-,19-9-. The monoisotopic (exact) mass is 372 g/mol. The Morgan fingerprint density at radius 1 is 1.27 bits per heavy atom. The van der Waals surface area contributed by atoms with Crippen molar-refractivity contribution in [2.45, 2.75) is 59.8 Å². The van der Waals surface area contributed by atoms with E-state index in [1.807, 2.05) is 6.08 Å². The number of halogens is 1. The zero-order chi connectivity index (χ0) is 19.1. The molecule has 3 saturated carbocycles. The Bertz CT molecular complexity index is 626. The van der Waals surface area contributed by atoms with Crippen molar-refractivity contribution in [1.29, 1.82) is 0 Å². The first kappa shape index (κ1) is 20.0. The van der Waals surface area contributed by atoms with Gasteiger partial charge in [0, 0.05) is 11.3 Å². The molecule has 0 aromatic carbocycles. The normalized spacial score (nSPS) is 47.0. The van der Waals surface area contributed by atoms with Gasteiger partial charge in [-0.15, -0.1) is 11.6 Å². The van der Waals surface area contributed by atoms with Gasteiger partial charge in [-0.25, -0.2) is 0 Å². The summed E-state index contributed by atoms with van der Waals surface area (Å²) < 4.78 is 0. The lowest BCUT2D eigenvalue weighted by Crippen LogP contribution is -2.49. The molecule has 3 rings (SSSR count). The molecule has 0 amide bonds. The first-order valence-electron chi connectivity index (χ1n) is 10.5. The number of hydrogen-bond acceptors (Lipinski definition) is 0. The number of rotatable bonds is 4. The summed E-state index contributed by atoms with van der Waals surface area (Å²) in [7, 11) is 0. The van der Waals surface area contributed by atoms with Crippen LogP contribution in [-0.4, -0.2) is 5.88 Å². The Morgan fingerprint density at radius 3 is 2.62 bits per heavy atom. The predicted molar refractivity (Wildman–Crippen MR) is 115 cm³/mol. The summed E-state index contributed by atoms with van der Waals surface area (Å²) in [5.74, 6) is 4.33. The van der Waals surface area contributed by atoms with E-state index in [-0.39, 0.29) is 5.41 Å². The maximum Gasteiger partial charge on any atom is 0.0433 e. The quantitative estimate of drug-likeness (QED) is 0.352. The van der Waals surface area contributed by atoms with Gasteiger partial charge in [-0.3, -0.25) is 0 Å². The van der Waals surface area contributed by atoms with Gasteiger partial charge < -0.3 is 0 Å². The number of hydrogen-bond donors (Lipinski definition) is 0. The fourth-order valence-corrected chi connectivity index (χ4v) is 7.73. The Kier molecular flexibility index (Phi) is 5.65. The minimum atomic E-state index is 0.192. The van der Waals surface area contributed by atoms with Gasteiger partial charge >= 0.3 is 0 Å². The molecule has 0 heterocycles. The molecule has 3 aliphatic rings. The van der Waals surface area contributed by atoms with Crippen LogP contribution in [0.2, 0.25) is 0 Å². The highest BCUT2D eigenvalue weighted by atomic mass is 35.5. The lowest BCUT2D eigenvalue weighted by molar-refractivity contribution is -0.0277. The van der Waals surface area contributed by atoms with E-state index < -0.39 is 0 Å². The Hall–Kier alpha value is -0.750. The van der Waals surface area contributed by atoms with Gasteiger partial charge in [-0.05, 0) is 74.0 Å². The average molecular weight is 373 g/mol. The van der Waals surface area contributed by atoms with E-state index in [9.17, 15) is 0 Å². The van der Waals surface area contributed by atoms with E-state index in [0.29, 0.717) is 23.1 Å². The molecule has 0 spiro atoms. The molecular weight excluding hydrogens is 336 g/mol. The summed E-state index contributed by atoms with van der Waals surface area (Å²) in [6.07, 6.45) is 15.6. The van der Waals surface area contributed by atoms with Crippen LogP contribution in [0.25, 0.3) is 0 Å². The van der Waals surface area contributed by atoms with Gasteiger partial charge in [0.25, 0.3) is 0 Å². The van der Waals surface area contributed by atoms with E-state index in [2.05, 4.69) is 59.1 Å². The zero-order valence-corrected chi connectivity index (χ0v) is 18.0. The van der Waals surface area contributed by atoms with Crippen LogP contribution in [0, 0.1) is 40.4 Å². The van der Waals surface area contributed by atoms with Crippen LogP contribution >= 0.6 is 11.6 Å². The third-order valence-electron chi connectivity index (χ3n) is 8.43. The molecule has 0 aromatic heterocycles. The van der Waals surface area contributed by atoms with Gasteiger partial charge in [0.05, 0.1) is 0 Å². The second-order valence-corrected chi connectivity index (χ2v) is 9.92. The maximum atomic E-state index is 6.24. The van der Waals surface area contributed by atoms with E-state index in [4.69, 9.17) is 11.6 Å². The summed E-state index contributed by atoms with van der Waals surface area (Å²) in [5.41, 5.74) is 3.45. The highest BCUT2D eigenvalue weighted by Gasteiger charge is 2.60. The minimum Gasteiger partial charge on any atom is -0.122 e. The van der Waals surface area contributed by atoms with Crippen molar-refractivity contribution in [3.8, 4) is 0 Å². The third kappa shape index (κ3) is 2.88. The molecule has 7 unspecified atom stereocenters. The van der Waals surface area contributed by atoms with Crippen molar-refractivity contribution in [3.05, 3.63) is 48.6 Å². The number of alkyl halides is 1. The lowest BCUT2D eigenvalue weighted by atomic mass is 9.48. The average Bonchev–Trinajstić information content (AvgIpc) is 2.87. The van der Waals surface area contributed by atoms with Crippen LogP contribution < -0.4 is 0 Å². The van der Waals surface area contributed by atoms with Crippen molar-refractivity contribution < 1.29 is 0 Å². The van der Waals surface area contributed by atoms with Crippen molar-refractivity contribution in [2.75, 3.05) is 5.88 Å². The SMILES string of the molecule is C=C/C=C1/CCC2C(CCC3(C)C2CC(C)C3C(=C)CCl)C1(C)/C=C\C. The Balaban J connectivity index is 1.98. The smallest absolute Gasteiger partial charge is 0.0433 e. The predicted octanol–water partition coefficient (Wildman–Crippen LogP) is 7.57. The first-order chi connectivity index (χ1) is 12.3. The van der Waals surface area contributed by atoms with Crippen LogP contribution in [-0.2, 0) is 0 Å². The minimum absolute atomic E-state index is 0.192. The molecule has 0 bridgehead atoms. The van der Waals surface area contributed by atoms with Crippen molar-refractivity contribution in [1.82, 2.24) is 0 Å². The van der Waals surface area contributed by atoms with E-state index >= 15 is 0 Å². The summed E-state index contributed by atoms with van der Waals surface area (Å²) in [6.45, 7) is 18.0. The molecule has 0 saturated heterocycles. The molecule has 3 aliphatic carbocycles. The second-order valence-electron chi connectivity index (χ2n) is 9.65. The lowest BCUT2D eigenvalue weighted by Gasteiger charge is -2.57. The van der Waals surface area contributed by atoms with Crippen molar-refractivity contribution in [3.63, 3.8) is 0 Å². The van der Waals surface area contributed by atoms with Crippen LogP contribution in [0.4, 0.5) is 0 Å². The summed E-state index contributed by atoms with van der Waals surface area (Å²) in [6, 6.07) is 0. The number of fused-ring (bicyclic) bond motifs is 3. The molecule has 0 aliphatic heterocycles. The molecule has 1 heteroatoms. The largest absolute Gasteiger partial charge is 0.122 e. The Morgan fingerprint density at radius 2 is 2.00 bits per heavy atom. The fraction of sp³-hybridized carbons (Fsp3) is 0.680. The van der Waals surface area contributed by atoms with Gasteiger partial charge in [-0.1, -0.05) is 69.4 Å². The summed E-state index contributed by atoms with van der Waals surface area (Å²) >= 11 is 6.24. The third-order valence-corrected chi connectivity index (χ3v) is 8.78. The van der Waals surface area contributed by atoms with E-state index in [1.165, 1.54) is 37.7 Å². The number of allylic oxidation sites excluding steroid dienone is 6. The zero-order valence-electron chi connectivity index (χ0n) is 17.2. The van der Waals surface area contributed by atoms with Gasteiger partial charge in [-0.2, -0.15) is 0 Å². The highest BCUT2D eigenvalue weighted by molar-refractivity contribution is 6.19. The van der Waals surface area contributed by atoms with Crippen LogP contribution in [0.1, 0.15) is 59.8 Å². The summed E-state index contributed by atoms with van der Waals surface area (Å²) in [4.78, 5) is 0. The van der Waals surface area contributed by atoms with Crippen molar-refractivity contribution >= 4 is 11.6 Å². The van der Waals surface area contributed by atoms with E-state index in [0.717, 1.165) is 17.8 Å². The molecule has 144 valence electrons. The van der Waals surface area contributed by atoms with Crippen LogP contribution in [0.15, 0.2) is 48.6 Å². The van der Waals surface area contributed by atoms with Crippen molar-refractivity contribution in [2.24, 2.45) is 40.4 Å². The Labute approximate surface area is 166 Å². The molecule has 7 atom stereocenters. The second kappa shape index (κ2) is 7.34. The molecule has 26 heavy (non-hydrogen) atoms. The van der Waals surface area contributed by atoms with Gasteiger partial charge in [0.15, 0.2) is 0 Å². The first-order valence-corrected chi connectivity index (χ1v) is 11.1. The fourth-order valence-electron chi connectivity index (χ4n) is 7.56. The topological polar surface area (TPSA) is 0 Å². The summed E-state index contributed by atoms with van der Waals surface area (Å²) in [5, 5.41) is 0. The van der Waals surface area contributed by atoms with E-state index in [1.54, 1.807) is 5.57 Å². The maximum absolute atomic E-state index is 6.24. The highest BCUT2D eigenvalue weighted by Crippen LogP contribution is 2.67. The van der Waals surface area contributed by atoms with Crippen LogP contribution in [0.5, 0.6) is 0 Å². The molecule has 3 fully saturated rings.